The number of hydrogen-bond donors (Lipinski definition) is 2. The molecule has 0 fully saturated rings. The molecule has 4 heterocycles. The molecule has 0 radical (unpaired) electrons. The quantitative estimate of drug-likeness (QED) is 0.420. The second-order valence-electron chi connectivity index (χ2n) is 7.51. The Balaban J connectivity index is 1.60. The number of nitrogens with two attached hydrogens (primary N) is 1. The van der Waals surface area contributed by atoms with Crippen molar-refractivity contribution in [3.63, 3.8) is 0 Å². The molecule has 3 N–H and O–H groups in total. The average molecular weight is 433 g/mol. The van der Waals surface area contributed by atoms with Gasteiger partial charge in [-0.3, -0.25) is 9.78 Å². The van der Waals surface area contributed by atoms with Gasteiger partial charge in [-0.05, 0) is 25.1 Å². The standard InChI is InChI=1S/C25H19N7O/c1-3-16-10-12-27-19-14-18(21(30-22(16)19)17-8-5-4-6-9-17)15(2)29-25(33)20-23(26)31-32-13-7-11-28-24(20)32/h1,4-15H,2H3,(H2,26,31)(H,29,33). The molecule has 33 heavy (non-hydrogen) atoms. The first-order valence-corrected chi connectivity index (χ1v) is 10.3. The molecular weight excluding hydrogens is 414 g/mol. The number of amides is 1. The molecule has 4 aromatic heterocycles. The molecule has 1 unspecified atom stereocenters. The molecule has 8 nitrogen and oxygen atoms in total. The third-order valence-electron chi connectivity index (χ3n) is 5.41. The molecule has 0 saturated carbocycles. The maximum Gasteiger partial charge on any atom is 0.259 e. The topological polar surface area (TPSA) is 111 Å². The number of fused-ring (bicyclic) bond motifs is 2. The van der Waals surface area contributed by atoms with E-state index in [0.29, 0.717) is 27.9 Å². The predicted octanol–water partition coefficient (Wildman–Crippen LogP) is 3.39. The number of anilines is 1. The Hall–Kier alpha value is -4.77. The van der Waals surface area contributed by atoms with E-state index in [1.54, 1.807) is 30.7 Å². The smallest absolute Gasteiger partial charge is 0.259 e. The van der Waals surface area contributed by atoms with Crippen LogP contribution in [0.5, 0.6) is 0 Å². The summed E-state index contributed by atoms with van der Waals surface area (Å²) in [4.78, 5) is 26.7. The summed E-state index contributed by atoms with van der Waals surface area (Å²) in [5.41, 5.74) is 11.0. The summed E-state index contributed by atoms with van der Waals surface area (Å²) in [5.74, 6) is 2.40. The van der Waals surface area contributed by atoms with Gasteiger partial charge in [-0.1, -0.05) is 36.3 Å². The molecule has 160 valence electrons. The van der Waals surface area contributed by atoms with Gasteiger partial charge in [-0.15, -0.1) is 11.5 Å². The van der Waals surface area contributed by atoms with Crippen LogP contribution in [0.15, 0.2) is 67.1 Å². The molecule has 0 aliphatic rings. The molecule has 1 amide bonds. The summed E-state index contributed by atoms with van der Waals surface area (Å²) in [7, 11) is 0. The zero-order valence-electron chi connectivity index (χ0n) is 17.7. The van der Waals surface area contributed by atoms with Crippen LogP contribution in [0.1, 0.15) is 34.5 Å². The zero-order valence-corrected chi connectivity index (χ0v) is 17.7. The molecule has 5 aromatic rings. The number of nitrogens with one attached hydrogen (secondary N) is 1. The Kier molecular flexibility index (Phi) is 4.92. The minimum Gasteiger partial charge on any atom is -0.381 e. The number of aromatic nitrogens is 5. The highest BCUT2D eigenvalue weighted by Gasteiger charge is 2.23. The van der Waals surface area contributed by atoms with Crippen LogP contribution < -0.4 is 11.1 Å². The van der Waals surface area contributed by atoms with Crippen LogP contribution >= 0.6 is 0 Å². The minimum atomic E-state index is -0.418. The van der Waals surface area contributed by atoms with Crippen molar-refractivity contribution in [1.82, 2.24) is 29.9 Å². The Labute approximate surface area is 189 Å². The van der Waals surface area contributed by atoms with Crippen LogP contribution in [0.3, 0.4) is 0 Å². The van der Waals surface area contributed by atoms with E-state index in [0.717, 1.165) is 11.1 Å². The van der Waals surface area contributed by atoms with Crippen LogP contribution in [0.25, 0.3) is 27.9 Å². The van der Waals surface area contributed by atoms with Crippen molar-refractivity contribution >= 4 is 28.4 Å². The van der Waals surface area contributed by atoms with Gasteiger partial charge in [-0.2, -0.15) is 0 Å². The van der Waals surface area contributed by atoms with E-state index in [4.69, 9.17) is 17.1 Å². The van der Waals surface area contributed by atoms with Crippen molar-refractivity contribution in [2.45, 2.75) is 13.0 Å². The molecule has 0 bridgehead atoms. The average Bonchev–Trinajstić information content (AvgIpc) is 3.19. The van der Waals surface area contributed by atoms with Gasteiger partial charge >= 0.3 is 0 Å². The number of hydrogen-bond acceptors (Lipinski definition) is 6. The third kappa shape index (κ3) is 3.51. The summed E-state index contributed by atoms with van der Waals surface area (Å²) in [6.45, 7) is 1.88. The second kappa shape index (κ2) is 8.05. The Morgan fingerprint density at radius 2 is 1.97 bits per heavy atom. The van der Waals surface area contributed by atoms with Gasteiger partial charge < -0.3 is 11.1 Å². The van der Waals surface area contributed by atoms with Gasteiger partial charge in [0.1, 0.15) is 11.1 Å². The van der Waals surface area contributed by atoms with Crippen LogP contribution in [0.4, 0.5) is 5.82 Å². The molecular formula is C25H19N7O. The largest absolute Gasteiger partial charge is 0.381 e. The molecule has 1 aromatic carbocycles. The first-order chi connectivity index (χ1) is 16.1. The van der Waals surface area contributed by atoms with E-state index in [1.807, 2.05) is 43.3 Å². The number of nitrogen functional groups attached to an aromatic ring is 1. The highest BCUT2D eigenvalue weighted by molar-refractivity contribution is 6.04. The lowest BCUT2D eigenvalue weighted by Crippen LogP contribution is -2.28. The van der Waals surface area contributed by atoms with E-state index in [2.05, 4.69) is 26.3 Å². The molecule has 0 spiro atoms. The van der Waals surface area contributed by atoms with E-state index in [-0.39, 0.29) is 17.3 Å². The van der Waals surface area contributed by atoms with Crippen molar-refractivity contribution in [1.29, 1.82) is 0 Å². The minimum absolute atomic E-state index is 0.110. The first-order valence-electron chi connectivity index (χ1n) is 10.3. The van der Waals surface area contributed by atoms with Crippen molar-refractivity contribution in [2.75, 3.05) is 5.73 Å². The summed E-state index contributed by atoms with van der Waals surface area (Å²) < 4.78 is 1.48. The van der Waals surface area contributed by atoms with E-state index >= 15 is 0 Å². The predicted molar refractivity (Wildman–Crippen MR) is 126 cm³/mol. The number of pyridine rings is 2. The third-order valence-corrected chi connectivity index (χ3v) is 5.41. The maximum absolute atomic E-state index is 13.2. The highest BCUT2D eigenvalue weighted by atomic mass is 16.1. The first kappa shape index (κ1) is 20.2. The zero-order chi connectivity index (χ0) is 22.9. The van der Waals surface area contributed by atoms with Gasteiger partial charge in [0.15, 0.2) is 11.5 Å². The molecule has 8 heteroatoms. The summed E-state index contributed by atoms with van der Waals surface area (Å²) in [6, 6.07) is 14.7. The summed E-state index contributed by atoms with van der Waals surface area (Å²) >= 11 is 0. The fourth-order valence-corrected chi connectivity index (χ4v) is 3.83. The van der Waals surface area contributed by atoms with Crippen LogP contribution in [0, 0.1) is 12.3 Å². The molecule has 1 atom stereocenters. The fourth-order valence-electron chi connectivity index (χ4n) is 3.83. The highest BCUT2D eigenvalue weighted by Crippen LogP contribution is 2.30. The lowest BCUT2D eigenvalue weighted by Gasteiger charge is -2.19. The number of carbonyl (C=O) groups excluding carboxylic acids is 1. The van der Waals surface area contributed by atoms with Crippen molar-refractivity contribution in [2.24, 2.45) is 0 Å². The van der Waals surface area contributed by atoms with Crippen LogP contribution in [0.2, 0.25) is 0 Å². The summed E-state index contributed by atoms with van der Waals surface area (Å²) in [5, 5.41) is 7.18. The Bertz CT molecular complexity index is 1550. The van der Waals surface area contributed by atoms with Gasteiger partial charge in [0.2, 0.25) is 0 Å². The lowest BCUT2D eigenvalue weighted by molar-refractivity contribution is 0.0942. The number of rotatable bonds is 4. The van der Waals surface area contributed by atoms with Gasteiger partial charge in [0.05, 0.1) is 22.8 Å². The maximum atomic E-state index is 13.2. The van der Waals surface area contributed by atoms with Gasteiger partial charge in [0, 0.05) is 29.7 Å². The van der Waals surface area contributed by atoms with Gasteiger partial charge in [0.25, 0.3) is 5.91 Å². The van der Waals surface area contributed by atoms with E-state index in [9.17, 15) is 4.79 Å². The van der Waals surface area contributed by atoms with Crippen LogP contribution in [-0.2, 0) is 0 Å². The van der Waals surface area contributed by atoms with Gasteiger partial charge in [-0.25, -0.2) is 14.5 Å². The molecule has 0 saturated heterocycles. The number of nitrogens with zero attached hydrogens (tertiary/aromatic N) is 5. The van der Waals surface area contributed by atoms with E-state index in [1.165, 1.54) is 4.52 Å². The number of terminal acetylenes is 1. The molecule has 0 aliphatic carbocycles. The van der Waals surface area contributed by atoms with Crippen molar-refractivity contribution in [3.8, 4) is 23.6 Å². The lowest BCUT2D eigenvalue weighted by atomic mass is 9.99. The van der Waals surface area contributed by atoms with Crippen molar-refractivity contribution in [3.05, 3.63) is 83.8 Å². The SMILES string of the molecule is C#Cc1ccnc2cc(C(C)NC(=O)c3c(N)nn4cccnc34)c(-c3ccccc3)nc12. The van der Waals surface area contributed by atoms with Crippen LogP contribution in [-0.4, -0.2) is 30.5 Å². The monoisotopic (exact) mass is 433 g/mol. The molecule has 0 aliphatic heterocycles. The van der Waals surface area contributed by atoms with E-state index < -0.39 is 6.04 Å². The van der Waals surface area contributed by atoms with Crippen molar-refractivity contribution < 1.29 is 4.79 Å². The summed E-state index contributed by atoms with van der Waals surface area (Å²) in [6.07, 6.45) is 10.6. The normalized spacial score (nSPS) is 11.9. The number of benzene rings is 1. The number of carbonyl (C=O) groups is 1. The Morgan fingerprint density at radius 3 is 2.76 bits per heavy atom. The second-order valence-corrected chi connectivity index (χ2v) is 7.51. The fraction of sp³-hybridized carbons (Fsp3) is 0.0800. The Morgan fingerprint density at radius 1 is 1.15 bits per heavy atom. The molecule has 5 rings (SSSR count).